The van der Waals surface area contributed by atoms with Gasteiger partial charge in [-0.15, -0.1) is 5.10 Å². The van der Waals surface area contributed by atoms with Crippen molar-refractivity contribution in [2.24, 2.45) is 7.05 Å². The van der Waals surface area contributed by atoms with Crippen LogP contribution in [0.3, 0.4) is 0 Å². The van der Waals surface area contributed by atoms with Gasteiger partial charge in [-0.1, -0.05) is 37.3 Å². The Balaban J connectivity index is 1.77. The van der Waals surface area contributed by atoms with Crippen LogP contribution in [0.4, 0.5) is 5.69 Å². The Hall–Kier alpha value is -3.37. The summed E-state index contributed by atoms with van der Waals surface area (Å²) in [6.45, 7) is 3.33. The fourth-order valence-electron chi connectivity index (χ4n) is 3.55. The highest BCUT2D eigenvalue weighted by Crippen LogP contribution is 2.20. The maximum absolute atomic E-state index is 12.7. The van der Waals surface area contributed by atoms with E-state index in [2.05, 4.69) is 5.10 Å². The predicted molar refractivity (Wildman–Crippen MR) is 116 cm³/mol. The molecule has 0 amide bonds. The molecule has 154 valence electrons. The Morgan fingerprint density at radius 2 is 1.87 bits per heavy atom. The summed E-state index contributed by atoms with van der Waals surface area (Å²) in [6.07, 6.45) is 0. The predicted octanol–water partition coefficient (Wildman–Crippen LogP) is 3.10. The molecule has 30 heavy (non-hydrogen) atoms. The van der Waals surface area contributed by atoms with Crippen molar-refractivity contribution in [2.45, 2.75) is 20.1 Å². The Labute approximate surface area is 176 Å². The summed E-state index contributed by atoms with van der Waals surface area (Å²) >= 11 is 5.67. The van der Waals surface area contributed by atoms with Gasteiger partial charge >= 0.3 is 0 Å². The SMILES string of the molecule is CCN(Cc1ccccc1[N+](=O)[O-])Cn1nc2n(C)c(=O)c3ccccc3n2c1=S. The summed E-state index contributed by atoms with van der Waals surface area (Å²) in [5, 5.41) is 16.5. The van der Waals surface area contributed by atoms with E-state index in [4.69, 9.17) is 12.2 Å². The lowest BCUT2D eigenvalue weighted by Crippen LogP contribution is -2.27. The van der Waals surface area contributed by atoms with Gasteiger partial charge in [0, 0.05) is 25.2 Å². The van der Waals surface area contributed by atoms with Gasteiger partial charge in [0.05, 0.1) is 22.5 Å². The van der Waals surface area contributed by atoms with Crippen LogP contribution in [0.25, 0.3) is 16.7 Å². The highest BCUT2D eigenvalue weighted by molar-refractivity contribution is 7.71. The first-order chi connectivity index (χ1) is 14.4. The van der Waals surface area contributed by atoms with Crippen molar-refractivity contribution in [3.8, 4) is 0 Å². The van der Waals surface area contributed by atoms with E-state index in [1.807, 2.05) is 30.0 Å². The van der Waals surface area contributed by atoms with Crippen LogP contribution in [0.15, 0.2) is 53.3 Å². The van der Waals surface area contributed by atoms with E-state index in [1.165, 1.54) is 10.6 Å². The molecular formula is C20H20N6O3S. The molecule has 2 aromatic heterocycles. The summed E-state index contributed by atoms with van der Waals surface area (Å²) < 4.78 is 5.37. The number of aromatic nitrogens is 4. The zero-order valence-electron chi connectivity index (χ0n) is 16.6. The summed E-state index contributed by atoms with van der Waals surface area (Å²) in [6, 6.07) is 14.0. The van der Waals surface area contributed by atoms with Gasteiger partial charge in [0.25, 0.3) is 11.2 Å². The molecule has 2 heterocycles. The normalized spacial score (nSPS) is 11.6. The van der Waals surface area contributed by atoms with E-state index in [9.17, 15) is 14.9 Å². The molecule has 2 aromatic carbocycles. The third kappa shape index (κ3) is 3.29. The standard InChI is InChI=1S/C20H20N6O3S/c1-3-23(12-14-8-4-6-10-16(14)26(28)29)13-24-20(30)25-17-11-7-5-9-15(17)18(27)22(2)19(25)21-24/h4-11H,3,12-13H2,1-2H3. The number of hydrogen-bond acceptors (Lipinski definition) is 6. The number of aryl methyl sites for hydroxylation is 1. The molecular weight excluding hydrogens is 404 g/mol. The highest BCUT2D eigenvalue weighted by atomic mass is 32.1. The van der Waals surface area contributed by atoms with Gasteiger partial charge in [-0.25, -0.2) is 4.68 Å². The van der Waals surface area contributed by atoms with Crippen molar-refractivity contribution in [1.29, 1.82) is 0 Å². The number of nitrogens with zero attached hydrogens (tertiary/aromatic N) is 6. The van der Waals surface area contributed by atoms with Crippen LogP contribution in [-0.4, -0.2) is 35.1 Å². The Morgan fingerprint density at radius 3 is 2.60 bits per heavy atom. The lowest BCUT2D eigenvalue weighted by atomic mass is 10.1. The maximum atomic E-state index is 12.7. The number of nitro groups is 1. The zero-order valence-corrected chi connectivity index (χ0v) is 17.4. The third-order valence-corrected chi connectivity index (χ3v) is 5.56. The molecule has 10 heteroatoms. The minimum Gasteiger partial charge on any atom is -0.280 e. The van der Waals surface area contributed by atoms with Gasteiger partial charge in [0.15, 0.2) is 0 Å². The number of nitro benzene ring substituents is 1. The third-order valence-electron chi connectivity index (χ3n) is 5.17. The molecule has 0 atom stereocenters. The molecule has 0 radical (unpaired) electrons. The molecule has 0 spiro atoms. The Bertz CT molecular complexity index is 1390. The molecule has 0 aliphatic carbocycles. The largest absolute Gasteiger partial charge is 0.280 e. The fourth-order valence-corrected chi connectivity index (χ4v) is 3.83. The second-order valence-corrected chi connectivity index (χ2v) is 7.34. The van der Waals surface area contributed by atoms with Crippen molar-refractivity contribution in [3.05, 3.63) is 79.3 Å². The molecule has 0 aliphatic heterocycles. The van der Waals surface area contributed by atoms with Crippen molar-refractivity contribution < 1.29 is 4.92 Å². The number of para-hydroxylation sites is 2. The summed E-state index contributed by atoms with van der Waals surface area (Å²) in [7, 11) is 1.67. The number of benzene rings is 2. The Morgan fingerprint density at radius 1 is 1.17 bits per heavy atom. The lowest BCUT2D eigenvalue weighted by Gasteiger charge is -2.20. The molecule has 9 nitrogen and oxygen atoms in total. The topological polar surface area (TPSA) is 90.6 Å². The van der Waals surface area contributed by atoms with Gasteiger partial charge in [-0.05, 0) is 30.9 Å². The van der Waals surface area contributed by atoms with Crippen molar-refractivity contribution >= 4 is 34.6 Å². The van der Waals surface area contributed by atoms with Crippen LogP contribution in [0, 0.1) is 14.9 Å². The summed E-state index contributed by atoms with van der Waals surface area (Å²) in [4.78, 5) is 25.6. The number of rotatable bonds is 6. The van der Waals surface area contributed by atoms with E-state index < -0.39 is 0 Å². The van der Waals surface area contributed by atoms with Crippen LogP contribution < -0.4 is 5.56 Å². The Kier molecular flexibility index (Phi) is 5.18. The number of hydrogen-bond donors (Lipinski definition) is 0. The van der Waals surface area contributed by atoms with Crippen LogP contribution in [-0.2, 0) is 20.3 Å². The van der Waals surface area contributed by atoms with Gasteiger partial charge in [-0.3, -0.25) is 28.8 Å². The molecule has 0 bridgehead atoms. The summed E-state index contributed by atoms with van der Waals surface area (Å²) in [5.74, 6) is 0.449. The summed E-state index contributed by atoms with van der Waals surface area (Å²) in [5.41, 5.74) is 1.27. The smallest absolute Gasteiger partial charge is 0.273 e. The fraction of sp³-hybridized carbons (Fsp3) is 0.250. The van der Waals surface area contributed by atoms with Gasteiger partial charge < -0.3 is 0 Å². The van der Waals surface area contributed by atoms with Crippen LogP contribution >= 0.6 is 12.2 Å². The van der Waals surface area contributed by atoms with E-state index in [0.29, 0.717) is 46.8 Å². The second kappa shape index (κ2) is 7.81. The van der Waals surface area contributed by atoms with Gasteiger partial charge in [0.1, 0.15) is 0 Å². The maximum Gasteiger partial charge on any atom is 0.273 e. The van der Waals surface area contributed by atoms with Crippen molar-refractivity contribution in [3.63, 3.8) is 0 Å². The van der Waals surface area contributed by atoms with E-state index in [1.54, 1.807) is 40.4 Å². The average Bonchev–Trinajstić information content (AvgIpc) is 3.08. The first-order valence-electron chi connectivity index (χ1n) is 9.44. The molecule has 0 unspecified atom stereocenters. The van der Waals surface area contributed by atoms with E-state index >= 15 is 0 Å². The average molecular weight is 424 g/mol. The first-order valence-corrected chi connectivity index (χ1v) is 9.85. The van der Waals surface area contributed by atoms with Crippen molar-refractivity contribution in [1.82, 2.24) is 23.6 Å². The minimum atomic E-state index is -0.373. The molecule has 0 saturated carbocycles. The minimum absolute atomic E-state index is 0.0861. The van der Waals surface area contributed by atoms with Gasteiger partial charge in [0.2, 0.25) is 10.5 Å². The van der Waals surface area contributed by atoms with E-state index in [-0.39, 0.29) is 16.2 Å². The zero-order chi connectivity index (χ0) is 21.4. The van der Waals surface area contributed by atoms with Gasteiger partial charge in [-0.2, -0.15) is 0 Å². The molecule has 4 aromatic rings. The second-order valence-electron chi connectivity index (χ2n) is 6.97. The molecule has 0 aliphatic rings. The lowest BCUT2D eigenvalue weighted by molar-refractivity contribution is -0.385. The molecule has 4 rings (SSSR count). The first kappa shape index (κ1) is 19.9. The highest BCUT2D eigenvalue weighted by Gasteiger charge is 2.18. The van der Waals surface area contributed by atoms with Crippen LogP contribution in [0.5, 0.6) is 0 Å². The molecule has 0 saturated heterocycles. The van der Waals surface area contributed by atoms with E-state index in [0.717, 1.165) is 0 Å². The quantitative estimate of drug-likeness (QED) is 0.268. The molecule has 0 N–H and O–H groups in total. The van der Waals surface area contributed by atoms with Crippen molar-refractivity contribution in [2.75, 3.05) is 6.54 Å². The van der Waals surface area contributed by atoms with Crippen LogP contribution in [0.1, 0.15) is 12.5 Å². The molecule has 0 fully saturated rings. The monoisotopic (exact) mass is 424 g/mol. The number of fused-ring (bicyclic) bond motifs is 3. The van der Waals surface area contributed by atoms with Crippen LogP contribution in [0.2, 0.25) is 0 Å².